The third-order valence-electron chi connectivity index (χ3n) is 4.85. The quantitative estimate of drug-likeness (QED) is 0.758. The molecule has 0 atom stereocenters. The fourth-order valence-electron chi connectivity index (χ4n) is 3.20. The molecule has 1 aliphatic heterocycles. The van der Waals surface area contributed by atoms with Crippen molar-refractivity contribution in [3.63, 3.8) is 0 Å². The van der Waals surface area contributed by atoms with Crippen LogP contribution in [0.4, 0.5) is 0 Å². The number of furan rings is 1. The minimum Gasteiger partial charge on any atom is -0.455 e. The standard InChI is InChI=1S/C20H26N2O4S/c1-3-21-10-12-22(13-11-21)20(23)19-9-8-18(26-19)15-27(24,25)14-17-6-4-16(2)5-7-17/h4-9H,3,10-15H2,1-2H3. The van der Waals surface area contributed by atoms with Gasteiger partial charge < -0.3 is 14.2 Å². The molecule has 0 saturated carbocycles. The molecule has 0 spiro atoms. The second kappa shape index (κ2) is 8.27. The molecule has 1 aliphatic rings. The smallest absolute Gasteiger partial charge is 0.289 e. The van der Waals surface area contributed by atoms with Gasteiger partial charge in [-0.3, -0.25) is 4.79 Å². The van der Waals surface area contributed by atoms with Crippen molar-refractivity contribution < 1.29 is 17.6 Å². The van der Waals surface area contributed by atoms with E-state index in [2.05, 4.69) is 11.8 Å². The number of sulfone groups is 1. The van der Waals surface area contributed by atoms with Crippen molar-refractivity contribution in [1.29, 1.82) is 0 Å². The zero-order valence-electron chi connectivity index (χ0n) is 15.8. The normalized spacial score (nSPS) is 15.9. The van der Waals surface area contributed by atoms with Crippen LogP contribution >= 0.6 is 0 Å². The summed E-state index contributed by atoms with van der Waals surface area (Å²) >= 11 is 0. The van der Waals surface area contributed by atoms with E-state index in [9.17, 15) is 13.2 Å². The third kappa shape index (κ3) is 5.20. The minimum atomic E-state index is -3.37. The first kappa shape index (κ1) is 19.6. The largest absolute Gasteiger partial charge is 0.455 e. The molecular formula is C20H26N2O4S. The average Bonchev–Trinajstić information content (AvgIpc) is 3.10. The molecule has 2 heterocycles. The van der Waals surface area contributed by atoms with Crippen LogP contribution in [0.25, 0.3) is 0 Å². The summed E-state index contributed by atoms with van der Waals surface area (Å²) in [6.07, 6.45) is 0. The second-order valence-corrected chi connectivity index (χ2v) is 9.07. The number of carbonyl (C=O) groups excluding carboxylic acids is 1. The third-order valence-corrected chi connectivity index (χ3v) is 6.35. The predicted molar refractivity (Wildman–Crippen MR) is 104 cm³/mol. The maximum absolute atomic E-state index is 12.6. The zero-order valence-corrected chi connectivity index (χ0v) is 16.7. The Labute approximate surface area is 160 Å². The van der Waals surface area contributed by atoms with Crippen molar-refractivity contribution in [3.8, 4) is 0 Å². The molecule has 0 aliphatic carbocycles. The molecule has 0 N–H and O–H groups in total. The topological polar surface area (TPSA) is 70.8 Å². The first-order valence-electron chi connectivity index (χ1n) is 9.22. The van der Waals surface area contributed by atoms with E-state index in [1.54, 1.807) is 17.0 Å². The van der Waals surface area contributed by atoms with E-state index >= 15 is 0 Å². The monoisotopic (exact) mass is 390 g/mol. The number of likely N-dealkylation sites (N-methyl/N-ethyl adjacent to an activating group) is 1. The highest BCUT2D eigenvalue weighted by Crippen LogP contribution is 2.17. The lowest BCUT2D eigenvalue weighted by molar-refractivity contribution is 0.0611. The van der Waals surface area contributed by atoms with Crippen LogP contribution in [0.1, 0.15) is 34.4 Å². The Hall–Kier alpha value is -2.12. The number of hydrogen-bond acceptors (Lipinski definition) is 5. The minimum absolute atomic E-state index is 0.0454. The van der Waals surface area contributed by atoms with Gasteiger partial charge in [-0.05, 0) is 31.2 Å². The number of hydrogen-bond donors (Lipinski definition) is 0. The molecule has 1 fully saturated rings. The van der Waals surface area contributed by atoms with E-state index in [0.29, 0.717) is 18.8 Å². The van der Waals surface area contributed by atoms with Gasteiger partial charge in [-0.15, -0.1) is 0 Å². The molecule has 7 heteroatoms. The highest BCUT2D eigenvalue weighted by atomic mass is 32.2. The first-order valence-corrected chi connectivity index (χ1v) is 11.0. The van der Waals surface area contributed by atoms with Gasteiger partial charge in [0.2, 0.25) is 0 Å². The summed E-state index contributed by atoms with van der Waals surface area (Å²) in [7, 11) is -3.37. The summed E-state index contributed by atoms with van der Waals surface area (Å²) in [5.74, 6) is 0.0830. The summed E-state index contributed by atoms with van der Waals surface area (Å²) in [5.41, 5.74) is 1.84. The van der Waals surface area contributed by atoms with Gasteiger partial charge in [0.15, 0.2) is 15.6 Å². The molecule has 1 amide bonds. The molecule has 6 nitrogen and oxygen atoms in total. The number of benzene rings is 1. The Balaban J connectivity index is 1.61. The van der Waals surface area contributed by atoms with Crippen molar-refractivity contribution in [2.75, 3.05) is 32.7 Å². The van der Waals surface area contributed by atoms with Gasteiger partial charge in [-0.2, -0.15) is 0 Å². The number of carbonyl (C=O) groups is 1. The van der Waals surface area contributed by atoms with E-state index in [4.69, 9.17) is 4.42 Å². The van der Waals surface area contributed by atoms with Crippen LogP contribution in [0, 0.1) is 6.92 Å². The Bertz CT molecular complexity index is 879. The molecule has 0 bridgehead atoms. The number of aryl methyl sites for hydroxylation is 1. The van der Waals surface area contributed by atoms with Gasteiger partial charge in [0.05, 0.1) is 5.75 Å². The van der Waals surface area contributed by atoms with Crippen molar-refractivity contribution >= 4 is 15.7 Å². The molecule has 1 saturated heterocycles. The van der Waals surface area contributed by atoms with Crippen LogP contribution in [-0.2, 0) is 21.3 Å². The van der Waals surface area contributed by atoms with Crippen LogP contribution in [-0.4, -0.2) is 56.8 Å². The van der Waals surface area contributed by atoms with E-state index in [1.165, 1.54) is 0 Å². The lowest BCUT2D eigenvalue weighted by Crippen LogP contribution is -2.48. The highest BCUT2D eigenvalue weighted by Gasteiger charge is 2.24. The molecule has 0 unspecified atom stereocenters. The molecule has 146 valence electrons. The summed E-state index contributed by atoms with van der Waals surface area (Å²) in [6, 6.07) is 10.6. The molecule has 27 heavy (non-hydrogen) atoms. The molecular weight excluding hydrogens is 364 g/mol. The van der Waals surface area contributed by atoms with E-state index in [0.717, 1.165) is 30.8 Å². The first-order chi connectivity index (χ1) is 12.9. The van der Waals surface area contributed by atoms with Crippen molar-refractivity contribution in [2.24, 2.45) is 0 Å². The lowest BCUT2D eigenvalue weighted by Gasteiger charge is -2.33. The Morgan fingerprint density at radius 3 is 2.30 bits per heavy atom. The lowest BCUT2D eigenvalue weighted by atomic mass is 10.2. The SMILES string of the molecule is CCN1CCN(C(=O)c2ccc(CS(=O)(=O)Cc3ccc(C)cc3)o2)CC1. The van der Waals surface area contributed by atoms with Gasteiger partial charge in [-0.25, -0.2) is 8.42 Å². The molecule has 2 aromatic rings. The zero-order chi connectivity index (χ0) is 19.4. The van der Waals surface area contributed by atoms with Gasteiger partial charge >= 0.3 is 0 Å². The maximum Gasteiger partial charge on any atom is 0.289 e. The number of amides is 1. The molecule has 1 aromatic heterocycles. The molecule has 0 radical (unpaired) electrons. The number of rotatable bonds is 6. The molecule has 3 rings (SSSR count). The van der Waals surface area contributed by atoms with E-state index in [1.807, 2.05) is 31.2 Å². The van der Waals surface area contributed by atoms with E-state index < -0.39 is 9.84 Å². The summed E-state index contributed by atoms with van der Waals surface area (Å²) < 4.78 is 30.4. The number of piperazine rings is 1. The summed E-state index contributed by atoms with van der Waals surface area (Å²) in [4.78, 5) is 16.6. The van der Waals surface area contributed by atoms with Gasteiger partial charge in [0, 0.05) is 26.2 Å². The Morgan fingerprint density at radius 2 is 1.67 bits per heavy atom. The Kier molecular flexibility index (Phi) is 6.01. The second-order valence-electron chi connectivity index (χ2n) is 7.01. The van der Waals surface area contributed by atoms with Crippen LogP contribution in [0.2, 0.25) is 0 Å². The fraction of sp³-hybridized carbons (Fsp3) is 0.450. The van der Waals surface area contributed by atoms with Gasteiger partial charge in [-0.1, -0.05) is 36.8 Å². The summed E-state index contributed by atoms with van der Waals surface area (Å²) in [5, 5.41) is 0. The molecule has 1 aromatic carbocycles. The number of nitrogens with zero attached hydrogens (tertiary/aromatic N) is 2. The van der Waals surface area contributed by atoms with Crippen molar-refractivity contribution in [2.45, 2.75) is 25.4 Å². The predicted octanol–water partition coefficient (Wildman–Crippen LogP) is 2.48. The van der Waals surface area contributed by atoms with E-state index in [-0.39, 0.29) is 23.2 Å². The maximum atomic E-state index is 12.6. The van der Waals surface area contributed by atoms with Gasteiger partial charge in [0.25, 0.3) is 5.91 Å². The van der Waals surface area contributed by atoms with Crippen molar-refractivity contribution in [1.82, 2.24) is 9.80 Å². The Morgan fingerprint density at radius 1 is 1.00 bits per heavy atom. The summed E-state index contributed by atoms with van der Waals surface area (Å²) in [6.45, 7) is 8.06. The van der Waals surface area contributed by atoms with Crippen molar-refractivity contribution in [3.05, 3.63) is 59.0 Å². The van der Waals surface area contributed by atoms with Crippen LogP contribution < -0.4 is 0 Å². The van der Waals surface area contributed by atoms with Gasteiger partial charge in [0.1, 0.15) is 11.5 Å². The fourth-order valence-corrected chi connectivity index (χ4v) is 4.59. The van der Waals surface area contributed by atoms with Crippen LogP contribution in [0.15, 0.2) is 40.8 Å². The van der Waals surface area contributed by atoms with Crippen LogP contribution in [0.3, 0.4) is 0 Å². The average molecular weight is 391 g/mol. The van der Waals surface area contributed by atoms with Crippen LogP contribution in [0.5, 0.6) is 0 Å². The highest BCUT2D eigenvalue weighted by molar-refractivity contribution is 7.89.